The van der Waals surface area contributed by atoms with Crippen molar-refractivity contribution in [3.05, 3.63) is 29.6 Å². The molecule has 0 spiro atoms. The van der Waals surface area contributed by atoms with Crippen LogP contribution in [0, 0.1) is 6.92 Å². The topological polar surface area (TPSA) is 58.4 Å². The SMILES string of the molecule is CCN1CCCC1Cn1c(C)nc2ccc(C(=O)O)cc21. The Hall–Kier alpha value is -1.88. The standard InChI is InChI=1S/C16H21N3O2/c1-3-18-8-4-5-13(18)10-19-11(2)17-14-7-6-12(16(20)21)9-15(14)19/h6-7,9,13H,3-5,8,10H2,1-2H3,(H,20,21). The summed E-state index contributed by atoms with van der Waals surface area (Å²) in [6.45, 7) is 7.30. The van der Waals surface area contributed by atoms with E-state index >= 15 is 0 Å². The lowest BCUT2D eigenvalue weighted by Crippen LogP contribution is -2.32. The molecule has 21 heavy (non-hydrogen) atoms. The zero-order chi connectivity index (χ0) is 15.0. The van der Waals surface area contributed by atoms with Crippen LogP contribution in [-0.2, 0) is 6.54 Å². The third kappa shape index (κ3) is 2.53. The van der Waals surface area contributed by atoms with Crippen molar-refractivity contribution in [2.75, 3.05) is 13.1 Å². The number of hydrogen-bond acceptors (Lipinski definition) is 3. The van der Waals surface area contributed by atoms with E-state index in [0.29, 0.717) is 11.6 Å². The molecule has 5 nitrogen and oxygen atoms in total. The van der Waals surface area contributed by atoms with Gasteiger partial charge in [0.1, 0.15) is 5.82 Å². The molecule has 3 rings (SSSR count). The van der Waals surface area contributed by atoms with Gasteiger partial charge in [0.25, 0.3) is 0 Å². The number of likely N-dealkylation sites (tertiary alicyclic amines) is 1. The number of benzene rings is 1. The van der Waals surface area contributed by atoms with Crippen LogP contribution in [0.2, 0.25) is 0 Å². The van der Waals surface area contributed by atoms with E-state index in [0.717, 1.165) is 36.5 Å². The zero-order valence-corrected chi connectivity index (χ0v) is 12.5. The van der Waals surface area contributed by atoms with E-state index in [1.54, 1.807) is 18.2 Å². The third-order valence-electron chi connectivity index (χ3n) is 4.48. The highest BCUT2D eigenvalue weighted by Gasteiger charge is 2.24. The van der Waals surface area contributed by atoms with Crippen LogP contribution in [0.1, 0.15) is 35.9 Å². The summed E-state index contributed by atoms with van der Waals surface area (Å²) in [5.74, 6) is 0.0637. The molecule has 1 aliphatic heterocycles. The van der Waals surface area contributed by atoms with Gasteiger partial charge in [-0.2, -0.15) is 0 Å². The lowest BCUT2D eigenvalue weighted by molar-refractivity contribution is 0.0697. The van der Waals surface area contributed by atoms with Gasteiger partial charge in [-0.3, -0.25) is 4.90 Å². The summed E-state index contributed by atoms with van der Waals surface area (Å²) < 4.78 is 2.17. The molecule has 1 atom stereocenters. The summed E-state index contributed by atoms with van der Waals surface area (Å²) >= 11 is 0. The highest BCUT2D eigenvalue weighted by Crippen LogP contribution is 2.23. The summed E-state index contributed by atoms with van der Waals surface area (Å²) in [6.07, 6.45) is 2.44. The smallest absolute Gasteiger partial charge is 0.335 e. The molecule has 1 unspecified atom stereocenters. The van der Waals surface area contributed by atoms with Crippen molar-refractivity contribution in [3.63, 3.8) is 0 Å². The molecule has 0 aliphatic carbocycles. The van der Waals surface area contributed by atoms with Crippen LogP contribution < -0.4 is 0 Å². The minimum absolute atomic E-state index is 0.322. The highest BCUT2D eigenvalue weighted by atomic mass is 16.4. The molecule has 1 aromatic carbocycles. The summed E-state index contributed by atoms with van der Waals surface area (Å²) in [5.41, 5.74) is 2.12. The maximum absolute atomic E-state index is 11.2. The summed E-state index contributed by atoms with van der Waals surface area (Å²) in [6, 6.07) is 5.69. The average molecular weight is 287 g/mol. The van der Waals surface area contributed by atoms with Gasteiger partial charge in [0.15, 0.2) is 0 Å². The molecular weight excluding hydrogens is 266 g/mol. The van der Waals surface area contributed by atoms with Crippen molar-refractivity contribution in [1.29, 1.82) is 0 Å². The van der Waals surface area contributed by atoms with Gasteiger partial charge in [-0.25, -0.2) is 9.78 Å². The quantitative estimate of drug-likeness (QED) is 0.938. The fourth-order valence-corrected chi connectivity index (χ4v) is 3.34. The van der Waals surface area contributed by atoms with Gasteiger partial charge in [0.2, 0.25) is 0 Å². The van der Waals surface area contributed by atoms with Crippen LogP contribution in [0.25, 0.3) is 11.0 Å². The number of imidazole rings is 1. The number of carbonyl (C=O) groups is 1. The number of fused-ring (bicyclic) bond motifs is 1. The van der Waals surface area contributed by atoms with Gasteiger partial charge in [0.05, 0.1) is 16.6 Å². The Morgan fingerprint density at radius 1 is 1.48 bits per heavy atom. The van der Waals surface area contributed by atoms with E-state index < -0.39 is 5.97 Å². The Kier molecular flexibility index (Phi) is 3.68. The van der Waals surface area contributed by atoms with Crippen LogP contribution in [0.4, 0.5) is 0 Å². The number of aryl methyl sites for hydroxylation is 1. The molecule has 1 aromatic heterocycles. The van der Waals surface area contributed by atoms with Gasteiger partial charge in [-0.15, -0.1) is 0 Å². The molecular formula is C16H21N3O2. The fourth-order valence-electron chi connectivity index (χ4n) is 3.34. The first-order chi connectivity index (χ1) is 10.1. The molecule has 1 fully saturated rings. The maximum Gasteiger partial charge on any atom is 0.335 e. The van der Waals surface area contributed by atoms with Crippen LogP contribution >= 0.6 is 0 Å². The largest absolute Gasteiger partial charge is 0.478 e. The molecule has 1 N–H and O–H groups in total. The third-order valence-corrected chi connectivity index (χ3v) is 4.48. The lowest BCUT2D eigenvalue weighted by Gasteiger charge is -2.24. The van der Waals surface area contributed by atoms with Gasteiger partial charge in [0, 0.05) is 12.6 Å². The second-order valence-corrected chi connectivity index (χ2v) is 5.70. The van der Waals surface area contributed by atoms with Crippen molar-refractivity contribution < 1.29 is 9.90 Å². The summed E-state index contributed by atoms with van der Waals surface area (Å²) in [7, 11) is 0. The molecule has 0 bridgehead atoms. The molecule has 2 heterocycles. The monoisotopic (exact) mass is 287 g/mol. The summed E-state index contributed by atoms with van der Waals surface area (Å²) in [5, 5.41) is 9.17. The molecule has 0 amide bonds. The molecule has 5 heteroatoms. The van der Waals surface area contributed by atoms with Crippen molar-refractivity contribution in [1.82, 2.24) is 14.5 Å². The summed E-state index contributed by atoms with van der Waals surface area (Å²) in [4.78, 5) is 18.2. The van der Waals surface area contributed by atoms with Crippen LogP contribution in [-0.4, -0.2) is 44.7 Å². The number of aromatic carboxylic acids is 1. The van der Waals surface area contributed by atoms with E-state index in [1.165, 1.54) is 12.8 Å². The molecule has 1 saturated heterocycles. The highest BCUT2D eigenvalue weighted by molar-refractivity contribution is 5.92. The number of hydrogen-bond donors (Lipinski definition) is 1. The normalized spacial score (nSPS) is 19.4. The number of aromatic nitrogens is 2. The Morgan fingerprint density at radius 3 is 3.00 bits per heavy atom. The molecule has 0 saturated carbocycles. The first-order valence-electron chi connectivity index (χ1n) is 7.54. The average Bonchev–Trinajstić information content (AvgIpc) is 3.03. The van der Waals surface area contributed by atoms with E-state index in [-0.39, 0.29) is 0 Å². The van der Waals surface area contributed by atoms with Gasteiger partial charge < -0.3 is 9.67 Å². The predicted molar refractivity (Wildman–Crippen MR) is 81.7 cm³/mol. The lowest BCUT2D eigenvalue weighted by atomic mass is 10.2. The number of rotatable bonds is 4. The first kappa shape index (κ1) is 14.1. The Labute approximate surface area is 124 Å². The van der Waals surface area contributed by atoms with Gasteiger partial charge in [-0.1, -0.05) is 6.92 Å². The van der Waals surface area contributed by atoms with Crippen LogP contribution in [0.3, 0.4) is 0 Å². The first-order valence-corrected chi connectivity index (χ1v) is 7.54. The van der Waals surface area contributed by atoms with Crippen molar-refractivity contribution in [2.45, 2.75) is 39.3 Å². The van der Waals surface area contributed by atoms with Crippen molar-refractivity contribution >= 4 is 17.0 Å². The molecule has 1 aliphatic rings. The Bertz CT molecular complexity index is 677. The van der Waals surface area contributed by atoms with Crippen LogP contribution in [0.5, 0.6) is 0 Å². The fraction of sp³-hybridized carbons (Fsp3) is 0.500. The minimum Gasteiger partial charge on any atom is -0.478 e. The number of likely N-dealkylation sites (N-methyl/N-ethyl adjacent to an activating group) is 1. The maximum atomic E-state index is 11.2. The zero-order valence-electron chi connectivity index (χ0n) is 12.5. The van der Waals surface area contributed by atoms with Gasteiger partial charge >= 0.3 is 5.97 Å². The Balaban J connectivity index is 1.98. The van der Waals surface area contributed by atoms with Gasteiger partial charge in [-0.05, 0) is 51.1 Å². The Morgan fingerprint density at radius 2 is 2.29 bits per heavy atom. The van der Waals surface area contributed by atoms with E-state index in [1.807, 2.05) is 6.92 Å². The number of nitrogens with zero attached hydrogens (tertiary/aromatic N) is 3. The number of carboxylic acids is 1. The van der Waals surface area contributed by atoms with Crippen LogP contribution in [0.15, 0.2) is 18.2 Å². The second kappa shape index (κ2) is 5.48. The molecule has 0 radical (unpaired) electrons. The van der Waals surface area contributed by atoms with E-state index in [9.17, 15) is 4.79 Å². The minimum atomic E-state index is -0.890. The predicted octanol–water partition coefficient (Wildman–Crippen LogP) is 2.53. The van der Waals surface area contributed by atoms with Crippen molar-refractivity contribution in [3.8, 4) is 0 Å². The number of carboxylic acid groups (broad SMARTS) is 1. The molecule has 112 valence electrons. The second-order valence-electron chi connectivity index (χ2n) is 5.70. The van der Waals surface area contributed by atoms with E-state index in [2.05, 4.69) is 21.4 Å². The molecule has 2 aromatic rings. The van der Waals surface area contributed by atoms with Crippen molar-refractivity contribution in [2.24, 2.45) is 0 Å². The van der Waals surface area contributed by atoms with E-state index in [4.69, 9.17) is 5.11 Å².